The summed E-state index contributed by atoms with van der Waals surface area (Å²) in [6.45, 7) is 0.315. The Hall–Kier alpha value is -0.630. The van der Waals surface area contributed by atoms with E-state index in [9.17, 15) is 8.42 Å². The second-order valence-electron chi connectivity index (χ2n) is 4.15. The third kappa shape index (κ3) is 3.44. The largest absolute Gasteiger partial charge is 0.392 e. The minimum Gasteiger partial charge on any atom is -0.392 e. The van der Waals surface area contributed by atoms with Crippen LogP contribution in [-0.2, 0) is 16.6 Å². The van der Waals surface area contributed by atoms with Gasteiger partial charge in [0.25, 0.3) is 10.0 Å². The fourth-order valence-corrected chi connectivity index (χ4v) is 4.06. The summed E-state index contributed by atoms with van der Waals surface area (Å²) in [4.78, 5) is 3.85. The highest BCUT2D eigenvalue weighted by molar-refractivity contribution is 8.00. The molecule has 0 bridgehead atoms. The van der Waals surface area contributed by atoms with Gasteiger partial charge in [-0.05, 0) is 30.2 Å². The van der Waals surface area contributed by atoms with Crippen molar-refractivity contribution in [2.24, 2.45) is 0 Å². The van der Waals surface area contributed by atoms with E-state index >= 15 is 0 Å². The molecule has 7 heteroatoms. The van der Waals surface area contributed by atoms with Crippen LogP contribution in [0.2, 0.25) is 0 Å². The van der Waals surface area contributed by atoms with Crippen LogP contribution >= 0.6 is 11.8 Å². The first-order valence-electron chi connectivity index (χ1n) is 5.79. The number of sulfonamides is 1. The Labute approximate surface area is 111 Å². The number of hydrogen-bond donors (Lipinski definition) is 2. The van der Waals surface area contributed by atoms with Crippen molar-refractivity contribution in [1.29, 1.82) is 0 Å². The van der Waals surface area contributed by atoms with Crippen LogP contribution in [0.3, 0.4) is 0 Å². The molecule has 1 aromatic heterocycles. The number of aliphatic hydroxyl groups is 1. The second-order valence-corrected chi connectivity index (χ2v) is 7.27. The van der Waals surface area contributed by atoms with E-state index in [1.165, 1.54) is 12.3 Å². The van der Waals surface area contributed by atoms with Gasteiger partial charge in [0.15, 0.2) is 5.03 Å². The number of nitrogens with zero attached hydrogens (tertiary/aromatic N) is 1. The zero-order valence-electron chi connectivity index (χ0n) is 9.87. The summed E-state index contributed by atoms with van der Waals surface area (Å²) in [7, 11) is -3.53. The SMILES string of the molecule is O=S(=O)(NCC1CCCS1)c1ccc(CO)cn1. The average Bonchev–Trinajstić information content (AvgIpc) is 2.90. The van der Waals surface area contributed by atoms with Crippen molar-refractivity contribution in [2.75, 3.05) is 12.3 Å². The molecular formula is C11H16N2O3S2. The first-order valence-corrected chi connectivity index (χ1v) is 8.32. The number of nitrogens with one attached hydrogen (secondary N) is 1. The van der Waals surface area contributed by atoms with E-state index < -0.39 is 10.0 Å². The van der Waals surface area contributed by atoms with Gasteiger partial charge in [0.1, 0.15) is 0 Å². The van der Waals surface area contributed by atoms with Crippen LogP contribution in [0.1, 0.15) is 18.4 Å². The Bertz CT molecular complexity index is 482. The molecule has 1 aliphatic heterocycles. The molecule has 1 unspecified atom stereocenters. The molecule has 1 saturated heterocycles. The zero-order chi connectivity index (χ0) is 13.0. The first kappa shape index (κ1) is 13.8. The van der Waals surface area contributed by atoms with Crippen LogP contribution in [0.4, 0.5) is 0 Å². The van der Waals surface area contributed by atoms with Crippen molar-refractivity contribution in [2.45, 2.75) is 29.7 Å². The maximum absolute atomic E-state index is 11.9. The Morgan fingerprint density at radius 2 is 2.33 bits per heavy atom. The molecule has 18 heavy (non-hydrogen) atoms. The molecule has 2 N–H and O–H groups in total. The van der Waals surface area contributed by atoms with Gasteiger partial charge in [0, 0.05) is 18.0 Å². The number of pyridine rings is 1. The number of hydrogen-bond acceptors (Lipinski definition) is 5. The lowest BCUT2D eigenvalue weighted by atomic mass is 10.2. The minimum absolute atomic E-state index is 0.00250. The van der Waals surface area contributed by atoms with Crippen molar-refractivity contribution in [3.63, 3.8) is 0 Å². The van der Waals surface area contributed by atoms with Crippen molar-refractivity contribution >= 4 is 21.8 Å². The molecule has 1 atom stereocenters. The average molecular weight is 288 g/mol. The molecule has 5 nitrogen and oxygen atoms in total. The standard InChI is InChI=1S/C11H16N2O3S2/c14-8-9-3-4-11(12-6-9)18(15,16)13-7-10-2-1-5-17-10/h3-4,6,10,13-14H,1-2,5,7-8H2. The third-order valence-corrected chi connectivity index (χ3v) is 5.52. The molecule has 0 aliphatic carbocycles. The van der Waals surface area contributed by atoms with E-state index in [1.807, 2.05) is 0 Å². The van der Waals surface area contributed by atoms with E-state index in [2.05, 4.69) is 9.71 Å². The highest BCUT2D eigenvalue weighted by Crippen LogP contribution is 2.25. The Morgan fingerprint density at radius 1 is 1.50 bits per heavy atom. The van der Waals surface area contributed by atoms with E-state index in [-0.39, 0.29) is 11.6 Å². The molecule has 2 rings (SSSR count). The van der Waals surface area contributed by atoms with Crippen LogP contribution in [0, 0.1) is 0 Å². The predicted octanol–water partition coefficient (Wildman–Crippen LogP) is 0.748. The fourth-order valence-electron chi connectivity index (χ4n) is 1.75. The summed E-state index contributed by atoms with van der Waals surface area (Å²) >= 11 is 1.80. The van der Waals surface area contributed by atoms with Crippen LogP contribution in [0.15, 0.2) is 23.4 Å². The molecule has 1 fully saturated rings. The molecule has 1 aliphatic rings. The topological polar surface area (TPSA) is 79.3 Å². The highest BCUT2D eigenvalue weighted by Gasteiger charge is 2.20. The number of thioether (sulfide) groups is 1. The summed E-state index contributed by atoms with van der Waals surface area (Å²) in [5, 5.41) is 9.24. The van der Waals surface area contributed by atoms with E-state index in [1.54, 1.807) is 17.8 Å². The monoisotopic (exact) mass is 288 g/mol. The molecule has 0 radical (unpaired) electrons. The lowest BCUT2D eigenvalue weighted by Crippen LogP contribution is -2.30. The van der Waals surface area contributed by atoms with Gasteiger partial charge < -0.3 is 5.11 Å². The van der Waals surface area contributed by atoms with Gasteiger partial charge in [-0.2, -0.15) is 11.8 Å². The van der Waals surface area contributed by atoms with E-state index in [0.717, 1.165) is 18.6 Å². The van der Waals surface area contributed by atoms with Crippen LogP contribution in [-0.4, -0.2) is 36.1 Å². The summed E-state index contributed by atoms with van der Waals surface area (Å²) < 4.78 is 26.5. The highest BCUT2D eigenvalue weighted by atomic mass is 32.2. The summed E-state index contributed by atoms with van der Waals surface area (Å²) in [6.07, 6.45) is 3.59. The van der Waals surface area contributed by atoms with Gasteiger partial charge in [-0.1, -0.05) is 6.07 Å². The molecule has 0 amide bonds. The van der Waals surface area contributed by atoms with Crippen molar-refractivity contribution in [3.8, 4) is 0 Å². The molecule has 100 valence electrons. The lowest BCUT2D eigenvalue weighted by molar-refractivity contribution is 0.281. The van der Waals surface area contributed by atoms with E-state index in [4.69, 9.17) is 5.11 Å². The Morgan fingerprint density at radius 3 is 2.89 bits per heavy atom. The molecule has 0 spiro atoms. The van der Waals surface area contributed by atoms with Gasteiger partial charge in [0.2, 0.25) is 0 Å². The maximum Gasteiger partial charge on any atom is 0.258 e. The van der Waals surface area contributed by atoms with Crippen molar-refractivity contribution in [3.05, 3.63) is 23.9 Å². The van der Waals surface area contributed by atoms with Crippen LogP contribution in [0.5, 0.6) is 0 Å². The van der Waals surface area contributed by atoms with Gasteiger partial charge in [-0.15, -0.1) is 0 Å². The minimum atomic E-state index is -3.53. The molecule has 0 saturated carbocycles. The number of rotatable bonds is 5. The Kier molecular flexibility index (Phi) is 4.60. The van der Waals surface area contributed by atoms with Gasteiger partial charge in [-0.3, -0.25) is 0 Å². The first-order chi connectivity index (χ1) is 8.62. The molecule has 0 aromatic carbocycles. The smallest absolute Gasteiger partial charge is 0.258 e. The molecule has 1 aromatic rings. The normalized spacial score (nSPS) is 20.2. The van der Waals surface area contributed by atoms with E-state index in [0.29, 0.717) is 17.4 Å². The lowest BCUT2D eigenvalue weighted by Gasteiger charge is -2.10. The van der Waals surface area contributed by atoms with Gasteiger partial charge >= 0.3 is 0 Å². The van der Waals surface area contributed by atoms with Gasteiger partial charge in [-0.25, -0.2) is 18.1 Å². The number of aliphatic hydroxyl groups excluding tert-OH is 1. The van der Waals surface area contributed by atoms with Crippen LogP contribution < -0.4 is 4.72 Å². The molecular weight excluding hydrogens is 272 g/mol. The van der Waals surface area contributed by atoms with Gasteiger partial charge in [0.05, 0.1) is 6.61 Å². The summed E-state index contributed by atoms with van der Waals surface area (Å²) in [5.41, 5.74) is 0.597. The maximum atomic E-state index is 11.9. The third-order valence-electron chi connectivity index (χ3n) is 2.78. The quantitative estimate of drug-likeness (QED) is 0.836. The summed E-state index contributed by atoms with van der Waals surface area (Å²) in [5.74, 6) is 1.11. The predicted molar refractivity (Wildman–Crippen MR) is 70.8 cm³/mol. The van der Waals surface area contributed by atoms with Crippen molar-refractivity contribution < 1.29 is 13.5 Å². The Balaban J connectivity index is 2.00. The van der Waals surface area contributed by atoms with Crippen molar-refractivity contribution in [1.82, 2.24) is 9.71 Å². The number of aromatic nitrogens is 1. The molecule has 2 heterocycles. The summed E-state index contributed by atoms with van der Waals surface area (Å²) in [6, 6.07) is 2.97. The fraction of sp³-hybridized carbons (Fsp3) is 0.545. The second kappa shape index (κ2) is 6.01. The van der Waals surface area contributed by atoms with Crippen LogP contribution in [0.25, 0.3) is 0 Å². The zero-order valence-corrected chi connectivity index (χ0v) is 11.5.